The van der Waals surface area contributed by atoms with Crippen LogP contribution in [0.4, 0.5) is 0 Å². The highest BCUT2D eigenvalue weighted by Gasteiger charge is 2.53. The minimum absolute atomic E-state index is 0.0747. The number of hydrogen-bond donors (Lipinski definition) is 0. The second kappa shape index (κ2) is 5.22. The molecule has 0 aromatic carbocycles. The van der Waals surface area contributed by atoms with Crippen LogP contribution in [0.3, 0.4) is 0 Å². The van der Waals surface area contributed by atoms with Crippen molar-refractivity contribution in [2.24, 2.45) is 0 Å². The van der Waals surface area contributed by atoms with Gasteiger partial charge in [-0.05, 0) is 39.9 Å². The van der Waals surface area contributed by atoms with E-state index in [0.717, 1.165) is 12.2 Å². The molecule has 0 radical (unpaired) electrons. The van der Waals surface area contributed by atoms with Crippen molar-refractivity contribution in [2.45, 2.75) is 64.5 Å². The first-order chi connectivity index (χ1) is 8.37. The predicted octanol–water partition coefficient (Wildman–Crippen LogP) is 3.92. The monoisotopic (exact) mass is 268 g/mol. The molecule has 1 fully saturated rings. The molecule has 2 heterocycles. The first-order valence-electron chi connectivity index (χ1n) is 6.99. The average molecular weight is 268 g/mol. The van der Waals surface area contributed by atoms with Gasteiger partial charge in [0.15, 0.2) is 0 Å². The fourth-order valence-electron chi connectivity index (χ4n) is 2.56. The summed E-state index contributed by atoms with van der Waals surface area (Å²) >= 11 is 2.01. The van der Waals surface area contributed by atoms with Gasteiger partial charge in [0.25, 0.3) is 0 Å². The van der Waals surface area contributed by atoms with E-state index in [9.17, 15) is 0 Å². The molecule has 0 aliphatic carbocycles. The van der Waals surface area contributed by atoms with Gasteiger partial charge in [0.05, 0.1) is 11.2 Å². The van der Waals surface area contributed by atoms with Crippen molar-refractivity contribution >= 4 is 18.9 Å². The maximum atomic E-state index is 6.20. The SMILES string of the molecule is CC[C@@H](B1OC(C)(C)C(C)(C)O1)C1=CCSCC1. The van der Waals surface area contributed by atoms with Crippen LogP contribution in [0.2, 0.25) is 5.82 Å². The van der Waals surface area contributed by atoms with Crippen LogP contribution in [-0.4, -0.2) is 29.8 Å². The highest BCUT2D eigenvalue weighted by atomic mass is 32.2. The third-order valence-electron chi connectivity index (χ3n) is 4.51. The van der Waals surface area contributed by atoms with Gasteiger partial charge in [-0.15, -0.1) is 0 Å². The Morgan fingerprint density at radius 1 is 1.28 bits per heavy atom. The van der Waals surface area contributed by atoms with E-state index < -0.39 is 0 Å². The fraction of sp³-hybridized carbons (Fsp3) is 0.857. The summed E-state index contributed by atoms with van der Waals surface area (Å²) in [5.41, 5.74) is 1.11. The Morgan fingerprint density at radius 3 is 2.33 bits per heavy atom. The van der Waals surface area contributed by atoms with E-state index in [1.165, 1.54) is 17.7 Å². The maximum Gasteiger partial charge on any atom is 0.465 e. The largest absolute Gasteiger partial charge is 0.465 e. The predicted molar refractivity (Wildman–Crippen MR) is 80.1 cm³/mol. The number of hydrogen-bond acceptors (Lipinski definition) is 3. The van der Waals surface area contributed by atoms with Crippen LogP contribution in [-0.2, 0) is 9.31 Å². The van der Waals surface area contributed by atoms with Gasteiger partial charge in [-0.25, -0.2) is 0 Å². The lowest BCUT2D eigenvalue weighted by molar-refractivity contribution is 0.00578. The fourth-order valence-corrected chi connectivity index (χ4v) is 3.44. The molecule has 0 aromatic rings. The van der Waals surface area contributed by atoms with E-state index in [-0.39, 0.29) is 18.3 Å². The molecule has 1 saturated heterocycles. The Balaban J connectivity index is 2.13. The molecule has 0 bridgehead atoms. The first-order valence-corrected chi connectivity index (χ1v) is 8.15. The molecule has 2 aliphatic rings. The lowest BCUT2D eigenvalue weighted by Gasteiger charge is -2.32. The average Bonchev–Trinajstić information content (AvgIpc) is 2.50. The summed E-state index contributed by atoms with van der Waals surface area (Å²) in [6.07, 6.45) is 4.66. The van der Waals surface area contributed by atoms with E-state index in [1.54, 1.807) is 0 Å². The zero-order valence-electron chi connectivity index (χ0n) is 12.3. The Morgan fingerprint density at radius 2 is 1.89 bits per heavy atom. The van der Waals surface area contributed by atoms with Crippen molar-refractivity contribution in [2.75, 3.05) is 11.5 Å². The lowest BCUT2D eigenvalue weighted by Crippen LogP contribution is -2.41. The number of rotatable bonds is 3. The minimum Gasteiger partial charge on any atom is -0.403 e. The highest BCUT2D eigenvalue weighted by molar-refractivity contribution is 7.99. The van der Waals surface area contributed by atoms with Gasteiger partial charge in [0.1, 0.15) is 0 Å². The Hall–Kier alpha value is 0.0749. The zero-order chi connectivity index (χ0) is 13.4. The molecule has 0 aromatic heterocycles. The molecule has 2 rings (SSSR count). The molecule has 0 saturated carbocycles. The van der Waals surface area contributed by atoms with E-state index >= 15 is 0 Å². The van der Waals surface area contributed by atoms with Crippen molar-refractivity contribution in [3.63, 3.8) is 0 Å². The summed E-state index contributed by atoms with van der Waals surface area (Å²) in [6.45, 7) is 10.8. The first kappa shape index (κ1) is 14.5. The van der Waals surface area contributed by atoms with Gasteiger partial charge in [-0.2, -0.15) is 11.8 Å². The molecule has 102 valence electrons. The molecular weight excluding hydrogens is 243 g/mol. The van der Waals surface area contributed by atoms with Crippen LogP contribution < -0.4 is 0 Å². The smallest absolute Gasteiger partial charge is 0.403 e. The normalized spacial score (nSPS) is 28.1. The van der Waals surface area contributed by atoms with Gasteiger partial charge >= 0.3 is 7.12 Å². The third kappa shape index (κ3) is 2.66. The summed E-state index contributed by atoms with van der Waals surface area (Å²) < 4.78 is 12.4. The number of thioether (sulfide) groups is 1. The molecule has 4 heteroatoms. The summed E-state index contributed by atoms with van der Waals surface area (Å²) in [5, 5.41) is 0. The second-order valence-corrected chi connectivity index (χ2v) is 7.39. The lowest BCUT2D eigenvalue weighted by atomic mass is 9.65. The Kier molecular flexibility index (Phi) is 4.20. The molecule has 0 amide bonds. The zero-order valence-corrected chi connectivity index (χ0v) is 13.1. The van der Waals surface area contributed by atoms with Gasteiger partial charge in [-0.3, -0.25) is 0 Å². The van der Waals surface area contributed by atoms with E-state index in [2.05, 4.69) is 40.7 Å². The van der Waals surface area contributed by atoms with Crippen molar-refractivity contribution in [1.29, 1.82) is 0 Å². The summed E-state index contributed by atoms with van der Waals surface area (Å²) in [5.74, 6) is 2.81. The molecule has 18 heavy (non-hydrogen) atoms. The van der Waals surface area contributed by atoms with Crippen molar-refractivity contribution < 1.29 is 9.31 Å². The van der Waals surface area contributed by atoms with Crippen LogP contribution >= 0.6 is 11.8 Å². The second-order valence-electron chi connectivity index (χ2n) is 6.24. The molecular formula is C14H25BO2S. The van der Waals surface area contributed by atoms with E-state index in [4.69, 9.17) is 9.31 Å². The van der Waals surface area contributed by atoms with Crippen molar-refractivity contribution in [3.8, 4) is 0 Å². The van der Waals surface area contributed by atoms with Crippen LogP contribution in [0, 0.1) is 0 Å². The Labute approximate surface area is 116 Å². The maximum absolute atomic E-state index is 6.20. The van der Waals surface area contributed by atoms with Gasteiger partial charge in [-0.1, -0.05) is 25.0 Å². The van der Waals surface area contributed by atoms with Crippen LogP contribution in [0.1, 0.15) is 47.5 Å². The van der Waals surface area contributed by atoms with Gasteiger partial charge < -0.3 is 9.31 Å². The third-order valence-corrected chi connectivity index (χ3v) is 5.41. The molecule has 0 unspecified atom stereocenters. The topological polar surface area (TPSA) is 18.5 Å². The summed E-state index contributed by atoms with van der Waals surface area (Å²) in [4.78, 5) is 0. The van der Waals surface area contributed by atoms with Crippen LogP contribution in [0.5, 0.6) is 0 Å². The van der Waals surface area contributed by atoms with Crippen LogP contribution in [0.15, 0.2) is 11.6 Å². The Bertz CT molecular complexity index is 323. The van der Waals surface area contributed by atoms with Gasteiger partial charge in [0.2, 0.25) is 0 Å². The van der Waals surface area contributed by atoms with Crippen LogP contribution in [0.25, 0.3) is 0 Å². The quantitative estimate of drug-likeness (QED) is 0.571. The summed E-state index contributed by atoms with van der Waals surface area (Å²) in [7, 11) is -0.0747. The molecule has 2 nitrogen and oxygen atoms in total. The van der Waals surface area contributed by atoms with Crippen molar-refractivity contribution in [1.82, 2.24) is 0 Å². The molecule has 0 N–H and O–H groups in total. The minimum atomic E-state index is -0.213. The molecule has 2 aliphatic heterocycles. The highest BCUT2D eigenvalue weighted by Crippen LogP contribution is 2.44. The van der Waals surface area contributed by atoms with Crippen molar-refractivity contribution in [3.05, 3.63) is 11.6 Å². The van der Waals surface area contributed by atoms with E-state index in [0.29, 0.717) is 5.82 Å². The molecule has 1 atom stereocenters. The summed E-state index contributed by atoms with van der Waals surface area (Å²) in [6, 6.07) is 0. The molecule has 0 spiro atoms. The van der Waals surface area contributed by atoms with Gasteiger partial charge in [0, 0.05) is 11.6 Å². The standard InChI is InChI=1S/C14H25BO2S/c1-6-12(11-7-9-18-10-8-11)15-16-13(2,3)14(4,5)17-15/h7,12H,6,8-10H2,1-5H3/t12-/m1/s1. The van der Waals surface area contributed by atoms with E-state index in [1.807, 2.05) is 11.8 Å². The number of allylic oxidation sites excluding steroid dienone is 1.